The van der Waals surface area contributed by atoms with E-state index in [2.05, 4.69) is 4.18 Å². The highest BCUT2D eigenvalue weighted by Crippen LogP contribution is 2.22. The Balaban J connectivity index is 2.28. The van der Waals surface area contributed by atoms with Gasteiger partial charge in [-0.05, 0) is 30.7 Å². The van der Waals surface area contributed by atoms with E-state index in [4.69, 9.17) is 0 Å². The first-order valence-corrected chi connectivity index (χ1v) is 7.78. The number of carbonyl (C=O) groups is 3. The van der Waals surface area contributed by atoms with Crippen LogP contribution in [0.1, 0.15) is 29.6 Å². The summed E-state index contributed by atoms with van der Waals surface area (Å²) < 4.78 is 27.3. The first-order chi connectivity index (χ1) is 9.86. The van der Waals surface area contributed by atoms with Gasteiger partial charge in [0.2, 0.25) is 0 Å². The molecule has 0 N–H and O–H groups in total. The first kappa shape index (κ1) is 15.5. The summed E-state index contributed by atoms with van der Waals surface area (Å²) in [5, 5.41) is 0. The molecule has 0 radical (unpaired) electrons. The molecule has 112 valence electrons. The standard InChI is InChI=1S/C14H14O6S/c1-20-21(18,19)10-7-5-9(6-8-10)14(17)13-11(15)3-2-4-12(13)16/h5-8,13H,2-4H2,1H3. The summed E-state index contributed by atoms with van der Waals surface area (Å²) in [5.74, 6) is -2.57. The fourth-order valence-electron chi connectivity index (χ4n) is 2.25. The number of carbonyl (C=O) groups excluding carboxylic acids is 3. The number of rotatable bonds is 4. The van der Waals surface area contributed by atoms with Crippen LogP contribution in [-0.2, 0) is 23.9 Å². The van der Waals surface area contributed by atoms with Crippen LogP contribution in [0.25, 0.3) is 0 Å². The molecule has 1 saturated carbocycles. The summed E-state index contributed by atoms with van der Waals surface area (Å²) in [6.45, 7) is 0. The van der Waals surface area contributed by atoms with Gasteiger partial charge in [0.05, 0.1) is 12.0 Å². The van der Waals surface area contributed by atoms with Crippen molar-refractivity contribution in [2.75, 3.05) is 7.11 Å². The number of benzene rings is 1. The van der Waals surface area contributed by atoms with Crippen molar-refractivity contribution in [2.24, 2.45) is 5.92 Å². The zero-order valence-corrected chi connectivity index (χ0v) is 12.2. The lowest BCUT2D eigenvalue weighted by atomic mass is 9.82. The molecule has 0 aromatic heterocycles. The molecular weight excluding hydrogens is 296 g/mol. The molecule has 0 bridgehead atoms. The van der Waals surface area contributed by atoms with Gasteiger partial charge >= 0.3 is 0 Å². The van der Waals surface area contributed by atoms with E-state index in [1.54, 1.807) is 0 Å². The van der Waals surface area contributed by atoms with E-state index in [-0.39, 0.29) is 34.9 Å². The van der Waals surface area contributed by atoms with Crippen LogP contribution < -0.4 is 0 Å². The summed E-state index contributed by atoms with van der Waals surface area (Å²) in [6.07, 6.45) is 0.920. The fraction of sp³-hybridized carbons (Fsp3) is 0.357. The lowest BCUT2D eigenvalue weighted by Gasteiger charge is -2.18. The summed E-state index contributed by atoms with van der Waals surface area (Å²) in [6, 6.07) is 4.99. The molecule has 7 heteroatoms. The van der Waals surface area contributed by atoms with Crippen LogP contribution in [0.2, 0.25) is 0 Å². The summed E-state index contributed by atoms with van der Waals surface area (Å²) in [4.78, 5) is 35.6. The van der Waals surface area contributed by atoms with Crippen molar-refractivity contribution in [3.8, 4) is 0 Å². The van der Waals surface area contributed by atoms with Gasteiger partial charge in [-0.15, -0.1) is 0 Å². The van der Waals surface area contributed by atoms with E-state index in [9.17, 15) is 22.8 Å². The Labute approximate surface area is 122 Å². The van der Waals surface area contributed by atoms with Gasteiger partial charge in [-0.3, -0.25) is 18.6 Å². The van der Waals surface area contributed by atoms with Gasteiger partial charge in [0.15, 0.2) is 17.3 Å². The minimum atomic E-state index is -3.83. The maximum Gasteiger partial charge on any atom is 0.296 e. The van der Waals surface area contributed by atoms with Gasteiger partial charge in [-0.2, -0.15) is 8.42 Å². The second kappa shape index (κ2) is 5.87. The van der Waals surface area contributed by atoms with Gasteiger partial charge in [0.1, 0.15) is 5.92 Å². The molecule has 21 heavy (non-hydrogen) atoms. The Morgan fingerprint density at radius 1 is 1.10 bits per heavy atom. The average molecular weight is 310 g/mol. The largest absolute Gasteiger partial charge is 0.298 e. The van der Waals surface area contributed by atoms with E-state index in [0.717, 1.165) is 7.11 Å². The quantitative estimate of drug-likeness (QED) is 0.470. The van der Waals surface area contributed by atoms with Crippen molar-refractivity contribution in [1.29, 1.82) is 0 Å². The third-order valence-corrected chi connectivity index (χ3v) is 4.69. The Hall–Kier alpha value is -1.86. The predicted octanol–water partition coefficient (Wildman–Crippen LogP) is 1.14. The summed E-state index contributed by atoms with van der Waals surface area (Å²) in [7, 11) is -2.80. The Morgan fingerprint density at radius 2 is 1.62 bits per heavy atom. The molecule has 1 aliphatic carbocycles. The molecule has 0 saturated heterocycles. The molecule has 2 rings (SSSR count). The molecule has 6 nitrogen and oxygen atoms in total. The van der Waals surface area contributed by atoms with Gasteiger partial charge < -0.3 is 0 Å². The van der Waals surface area contributed by atoms with E-state index >= 15 is 0 Å². The first-order valence-electron chi connectivity index (χ1n) is 6.37. The van der Waals surface area contributed by atoms with Gasteiger partial charge in [-0.25, -0.2) is 0 Å². The molecule has 0 aliphatic heterocycles. The molecule has 0 atom stereocenters. The summed E-state index contributed by atoms with van der Waals surface area (Å²) >= 11 is 0. The van der Waals surface area contributed by atoms with E-state index in [1.807, 2.05) is 0 Å². The SMILES string of the molecule is COS(=O)(=O)c1ccc(C(=O)C2C(=O)CCCC2=O)cc1. The van der Waals surface area contributed by atoms with Crippen molar-refractivity contribution in [2.45, 2.75) is 24.2 Å². The van der Waals surface area contributed by atoms with Crippen LogP contribution in [0.4, 0.5) is 0 Å². The number of hydrogen-bond acceptors (Lipinski definition) is 6. The van der Waals surface area contributed by atoms with Crippen LogP contribution >= 0.6 is 0 Å². The van der Waals surface area contributed by atoms with Crippen LogP contribution in [-0.4, -0.2) is 32.9 Å². The Kier molecular flexibility index (Phi) is 4.34. The highest BCUT2D eigenvalue weighted by Gasteiger charge is 2.36. The van der Waals surface area contributed by atoms with Crippen molar-refractivity contribution in [1.82, 2.24) is 0 Å². The number of hydrogen-bond donors (Lipinski definition) is 0. The lowest BCUT2D eigenvalue weighted by Crippen LogP contribution is -2.35. The normalized spacial score (nSPS) is 17.0. The second-order valence-electron chi connectivity index (χ2n) is 4.73. The average Bonchev–Trinajstić information content (AvgIpc) is 2.47. The van der Waals surface area contributed by atoms with Crippen molar-refractivity contribution >= 4 is 27.5 Å². The monoisotopic (exact) mass is 310 g/mol. The predicted molar refractivity (Wildman–Crippen MR) is 72.3 cm³/mol. The maximum absolute atomic E-state index is 12.2. The molecule has 1 fully saturated rings. The maximum atomic E-state index is 12.2. The van der Waals surface area contributed by atoms with Crippen LogP contribution in [0, 0.1) is 5.92 Å². The third kappa shape index (κ3) is 3.08. The van der Waals surface area contributed by atoms with Gasteiger partial charge in [0, 0.05) is 18.4 Å². The third-order valence-electron chi connectivity index (χ3n) is 3.40. The molecule has 0 amide bonds. The molecule has 0 heterocycles. The Morgan fingerprint density at radius 3 is 2.10 bits per heavy atom. The van der Waals surface area contributed by atoms with Crippen LogP contribution in [0.3, 0.4) is 0 Å². The zero-order chi connectivity index (χ0) is 15.6. The van der Waals surface area contributed by atoms with Crippen LogP contribution in [0.5, 0.6) is 0 Å². The molecule has 0 unspecified atom stereocenters. The number of Topliss-reactive ketones (excluding diaryl/α,β-unsaturated/α-hetero) is 3. The second-order valence-corrected chi connectivity index (χ2v) is 6.44. The highest BCUT2D eigenvalue weighted by atomic mass is 32.2. The van der Waals surface area contributed by atoms with E-state index in [1.165, 1.54) is 24.3 Å². The molecule has 0 spiro atoms. The molecule has 1 aromatic carbocycles. The molecular formula is C14H14O6S. The van der Waals surface area contributed by atoms with Crippen molar-refractivity contribution < 1.29 is 27.0 Å². The molecule has 1 aromatic rings. The van der Waals surface area contributed by atoms with E-state index in [0.29, 0.717) is 6.42 Å². The minimum Gasteiger partial charge on any atom is -0.298 e. The van der Waals surface area contributed by atoms with Gasteiger partial charge in [0.25, 0.3) is 10.1 Å². The van der Waals surface area contributed by atoms with Crippen LogP contribution in [0.15, 0.2) is 29.2 Å². The highest BCUT2D eigenvalue weighted by molar-refractivity contribution is 7.86. The van der Waals surface area contributed by atoms with Crippen molar-refractivity contribution in [3.05, 3.63) is 29.8 Å². The van der Waals surface area contributed by atoms with Gasteiger partial charge in [-0.1, -0.05) is 0 Å². The zero-order valence-electron chi connectivity index (χ0n) is 11.4. The smallest absolute Gasteiger partial charge is 0.296 e. The molecule has 1 aliphatic rings. The van der Waals surface area contributed by atoms with Crippen molar-refractivity contribution in [3.63, 3.8) is 0 Å². The summed E-state index contributed by atoms with van der Waals surface area (Å²) in [5.41, 5.74) is 0.138. The topological polar surface area (TPSA) is 94.6 Å². The lowest BCUT2D eigenvalue weighted by molar-refractivity contribution is -0.133. The fourth-order valence-corrected chi connectivity index (χ4v) is 2.91. The number of ketones is 3. The Bertz CT molecular complexity index is 671. The minimum absolute atomic E-state index is 0.0946. The van der Waals surface area contributed by atoms with E-state index < -0.39 is 21.8 Å².